The summed E-state index contributed by atoms with van der Waals surface area (Å²) in [6.45, 7) is 6.19. The van der Waals surface area contributed by atoms with E-state index < -0.39 is 5.60 Å². The predicted octanol–water partition coefficient (Wildman–Crippen LogP) is 5.65. The third-order valence-corrected chi connectivity index (χ3v) is 3.72. The van der Waals surface area contributed by atoms with Crippen molar-refractivity contribution >= 4 is 55.6 Å². The lowest BCUT2D eigenvalue weighted by Gasteiger charge is -2.17. The molecule has 7 heteroatoms. The van der Waals surface area contributed by atoms with Crippen LogP contribution in [0, 0.1) is 0 Å². The highest BCUT2D eigenvalue weighted by molar-refractivity contribution is 9.28. The van der Waals surface area contributed by atoms with E-state index in [4.69, 9.17) is 9.47 Å². The maximum Gasteiger partial charge on any atom is 0.337 e. The van der Waals surface area contributed by atoms with Crippen molar-refractivity contribution < 1.29 is 19.1 Å². The molecule has 27 heavy (non-hydrogen) atoms. The first-order chi connectivity index (χ1) is 12.6. The third-order valence-electron chi connectivity index (χ3n) is 3.26. The average molecular weight is 503 g/mol. The summed E-state index contributed by atoms with van der Waals surface area (Å²) in [4.78, 5) is 23.3. The number of anilines is 1. The summed E-state index contributed by atoms with van der Waals surface area (Å²) in [5.41, 5.74) is 1.75. The van der Waals surface area contributed by atoms with Gasteiger partial charge in [0.05, 0.1) is 16.1 Å². The predicted molar refractivity (Wildman–Crippen MR) is 116 cm³/mol. The molecule has 0 aliphatic rings. The van der Waals surface area contributed by atoms with Crippen LogP contribution in [0.2, 0.25) is 0 Å². The minimum absolute atomic E-state index is 0.337. The quantitative estimate of drug-likeness (QED) is 0.282. The van der Waals surface area contributed by atoms with Gasteiger partial charge in [-0.1, -0.05) is 12.1 Å². The highest BCUT2D eigenvalue weighted by Crippen LogP contribution is 2.25. The van der Waals surface area contributed by atoms with E-state index in [1.165, 1.54) is 13.2 Å². The molecule has 0 radical (unpaired) electrons. The summed E-state index contributed by atoms with van der Waals surface area (Å²) in [6, 6.07) is 5.33. The number of esters is 2. The Morgan fingerprint density at radius 1 is 1.22 bits per heavy atom. The van der Waals surface area contributed by atoms with Crippen molar-refractivity contribution in [1.29, 1.82) is 0 Å². The highest BCUT2D eigenvalue weighted by atomic mass is 79.9. The standard InChI is InChI=1S/C20H25Br2NO4/c1-20(2,3)27-18(24)8-6-5-7-11-23-16-12-15(19(25)26-4)10-9-14(16)13-17(21)22/h6,8-10,12-13,23H,5,7,11H2,1-4H3/b8-6+. The molecule has 1 aromatic carbocycles. The van der Waals surface area contributed by atoms with E-state index in [2.05, 4.69) is 37.2 Å². The van der Waals surface area contributed by atoms with E-state index in [-0.39, 0.29) is 11.9 Å². The van der Waals surface area contributed by atoms with Gasteiger partial charge in [0.25, 0.3) is 0 Å². The molecule has 0 saturated carbocycles. The van der Waals surface area contributed by atoms with E-state index in [1.807, 2.05) is 32.9 Å². The van der Waals surface area contributed by atoms with Crippen LogP contribution in [0.25, 0.3) is 6.08 Å². The van der Waals surface area contributed by atoms with Crippen molar-refractivity contribution in [2.45, 2.75) is 39.2 Å². The Bertz CT molecular complexity index is 717. The molecule has 0 aliphatic carbocycles. The van der Waals surface area contributed by atoms with Crippen molar-refractivity contribution in [3.8, 4) is 0 Å². The maximum absolute atomic E-state index is 11.7. The number of benzene rings is 1. The Balaban J connectivity index is 2.63. The average Bonchev–Trinajstić information content (AvgIpc) is 2.56. The van der Waals surface area contributed by atoms with Crippen LogP contribution in [-0.2, 0) is 14.3 Å². The first-order valence-corrected chi connectivity index (χ1v) is 10.1. The molecule has 0 aromatic heterocycles. The Morgan fingerprint density at radius 3 is 2.52 bits per heavy atom. The molecule has 148 valence electrons. The second-order valence-electron chi connectivity index (χ2n) is 6.73. The summed E-state index contributed by atoms with van der Waals surface area (Å²) >= 11 is 6.70. The second kappa shape index (κ2) is 11.3. The lowest BCUT2D eigenvalue weighted by Crippen LogP contribution is -2.22. The molecule has 0 bridgehead atoms. The van der Waals surface area contributed by atoms with Crippen LogP contribution in [0.1, 0.15) is 49.5 Å². The van der Waals surface area contributed by atoms with Crippen molar-refractivity contribution in [3.05, 3.63) is 44.9 Å². The van der Waals surface area contributed by atoms with Gasteiger partial charge in [-0.2, -0.15) is 0 Å². The van der Waals surface area contributed by atoms with Gasteiger partial charge in [-0.05, 0) is 89.2 Å². The Hall–Kier alpha value is -1.60. The topological polar surface area (TPSA) is 64.6 Å². The number of carbonyl (C=O) groups excluding carboxylic acids is 2. The fourth-order valence-electron chi connectivity index (χ4n) is 2.16. The van der Waals surface area contributed by atoms with E-state index in [9.17, 15) is 9.59 Å². The Labute approximate surface area is 177 Å². The van der Waals surface area contributed by atoms with E-state index >= 15 is 0 Å². The number of methoxy groups -OCH3 is 1. The fraction of sp³-hybridized carbons (Fsp3) is 0.400. The monoisotopic (exact) mass is 501 g/mol. The number of hydrogen-bond donors (Lipinski definition) is 1. The van der Waals surface area contributed by atoms with Crippen LogP contribution in [0.3, 0.4) is 0 Å². The molecule has 1 N–H and O–H groups in total. The zero-order valence-corrected chi connectivity index (χ0v) is 19.1. The number of rotatable bonds is 8. The van der Waals surface area contributed by atoms with Gasteiger partial charge in [0.15, 0.2) is 0 Å². The molecule has 5 nitrogen and oxygen atoms in total. The van der Waals surface area contributed by atoms with Crippen molar-refractivity contribution in [1.82, 2.24) is 0 Å². The molecule has 1 aromatic rings. The summed E-state index contributed by atoms with van der Waals surface area (Å²) in [5.74, 6) is -0.720. The third kappa shape index (κ3) is 9.77. The largest absolute Gasteiger partial charge is 0.465 e. The molecular weight excluding hydrogens is 478 g/mol. The Kier molecular flexibility index (Phi) is 9.80. The van der Waals surface area contributed by atoms with Crippen LogP contribution < -0.4 is 5.32 Å². The maximum atomic E-state index is 11.7. The minimum Gasteiger partial charge on any atom is -0.465 e. The molecular formula is C20H25Br2NO4. The van der Waals surface area contributed by atoms with Crippen LogP contribution in [-0.4, -0.2) is 31.2 Å². The number of carbonyl (C=O) groups is 2. The molecule has 0 fully saturated rings. The van der Waals surface area contributed by atoms with Crippen molar-refractivity contribution in [2.75, 3.05) is 19.0 Å². The van der Waals surface area contributed by atoms with Crippen LogP contribution in [0.5, 0.6) is 0 Å². The van der Waals surface area contributed by atoms with Crippen molar-refractivity contribution in [2.24, 2.45) is 0 Å². The first kappa shape index (κ1) is 23.4. The SMILES string of the molecule is COC(=O)c1ccc(C=C(Br)Br)c(NCCC/C=C/C(=O)OC(C)(C)C)c1. The molecule has 0 unspecified atom stereocenters. The van der Waals surface area contributed by atoms with Crippen LogP contribution in [0.4, 0.5) is 5.69 Å². The first-order valence-electron chi connectivity index (χ1n) is 8.51. The number of ether oxygens (including phenoxy) is 2. The zero-order valence-electron chi connectivity index (χ0n) is 16.0. The van der Waals surface area contributed by atoms with Gasteiger partial charge in [-0.15, -0.1) is 0 Å². The normalized spacial score (nSPS) is 11.2. The molecule has 0 saturated heterocycles. The lowest BCUT2D eigenvalue weighted by atomic mass is 10.1. The summed E-state index contributed by atoms with van der Waals surface area (Å²) in [5, 5.41) is 3.32. The summed E-state index contributed by atoms with van der Waals surface area (Å²) in [6.07, 6.45) is 6.71. The van der Waals surface area contributed by atoms with Gasteiger partial charge in [0, 0.05) is 18.3 Å². The van der Waals surface area contributed by atoms with Gasteiger partial charge in [0.2, 0.25) is 0 Å². The van der Waals surface area contributed by atoms with Gasteiger partial charge in [-0.25, -0.2) is 9.59 Å². The molecule has 0 heterocycles. The summed E-state index contributed by atoms with van der Waals surface area (Å²) in [7, 11) is 1.36. The van der Waals surface area contributed by atoms with Crippen molar-refractivity contribution in [3.63, 3.8) is 0 Å². The number of nitrogens with one attached hydrogen (secondary N) is 1. The summed E-state index contributed by atoms with van der Waals surface area (Å²) < 4.78 is 10.8. The smallest absolute Gasteiger partial charge is 0.337 e. The van der Waals surface area contributed by atoms with Crippen LogP contribution >= 0.6 is 31.9 Å². The second-order valence-corrected chi connectivity index (χ2v) is 9.51. The molecule has 0 aliphatic heterocycles. The number of halogens is 2. The number of unbranched alkanes of at least 4 members (excludes halogenated alkanes) is 1. The van der Waals surface area contributed by atoms with E-state index in [0.717, 1.165) is 27.5 Å². The number of allylic oxidation sites excluding steroid dienone is 1. The van der Waals surface area contributed by atoms with Crippen LogP contribution in [0.15, 0.2) is 33.7 Å². The zero-order chi connectivity index (χ0) is 20.4. The van der Waals surface area contributed by atoms with Gasteiger partial charge >= 0.3 is 11.9 Å². The fourth-order valence-corrected chi connectivity index (χ4v) is 2.65. The minimum atomic E-state index is -0.485. The molecule has 0 atom stereocenters. The molecule has 1 rings (SSSR count). The van der Waals surface area contributed by atoms with Gasteiger partial charge < -0.3 is 14.8 Å². The lowest BCUT2D eigenvalue weighted by molar-refractivity contribution is -0.148. The van der Waals surface area contributed by atoms with E-state index in [1.54, 1.807) is 18.2 Å². The number of hydrogen-bond acceptors (Lipinski definition) is 5. The molecule has 0 spiro atoms. The Morgan fingerprint density at radius 2 is 1.93 bits per heavy atom. The van der Waals surface area contributed by atoms with Gasteiger partial charge in [-0.3, -0.25) is 0 Å². The van der Waals surface area contributed by atoms with E-state index in [0.29, 0.717) is 12.1 Å². The highest BCUT2D eigenvalue weighted by Gasteiger charge is 2.13. The van der Waals surface area contributed by atoms with Gasteiger partial charge in [0.1, 0.15) is 5.60 Å². The molecule has 0 amide bonds.